The van der Waals surface area contributed by atoms with Crippen molar-refractivity contribution in [1.29, 1.82) is 0 Å². The van der Waals surface area contributed by atoms with Gasteiger partial charge >= 0.3 is 0 Å². The minimum Gasteiger partial charge on any atom is -0.493 e. The summed E-state index contributed by atoms with van der Waals surface area (Å²) in [6.07, 6.45) is 3.51. The van der Waals surface area contributed by atoms with Crippen LogP contribution in [0.15, 0.2) is 36.7 Å². The molecule has 0 saturated carbocycles. The number of rotatable bonds is 5. The average molecular weight is 343 g/mol. The maximum absolute atomic E-state index is 6.03. The Bertz CT molecular complexity index is 523. The fourth-order valence-electron chi connectivity index (χ4n) is 1.68. The Morgan fingerprint density at radius 1 is 1.37 bits per heavy atom. The molecule has 0 saturated heterocycles. The number of hydrogen-bond acceptors (Lipinski definition) is 3. The lowest BCUT2D eigenvalue weighted by Crippen LogP contribution is -2.00. The van der Waals surface area contributed by atoms with Crippen molar-refractivity contribution < 1.29 is 9.47 Å². The molecule has 0 aliphatic rings. The maximum Gasteiger partial charge on any atom is 0.165 e. The van der Waals surface area contributed by atoms with Gasteiger partial charge < -0.3 is 9.47 Å². The lowest BCUT2D eigenvalue weighted by molar-refractivity contribution is 0.282. The number of aromatic nitrogens is 1. The van der Waals surface area contributed by atoms with Crippen LogP contribution in [0.5, 0.6) is 11.5 Å². The Balaban J connectivity index is 2.23. The Labute approximate surface area is 125 Å². The molecule has 19 heavy (non-hydrogen) atoms. The first-order chi connectivity index (χ1) is 9.24. The topological polar surface area (TPSA) is 31.4 Å². The summed E-state index contributed by atoms with van der Waals surface area (Å²) < 4.78 is 11.1. The molecular formula is C14H13BrClNO2. The van der Waals surface area contributed by atoms with E-state index < -0.39 is 0 Å². The van der Waals surface area contributed by atoms with Crippen LogP contribution >= 0.6 is 27.5 Å². The van der Waals surface area contributed by atoms with E-state index in [1.54, 1.807) is 25.6 Å². The lowest BCUT2D eigenvalue weighted by atomic mass is 10.2. The number of halogens is 2. The van der Waals surface area contributed by atoms with Crippen LogP contribution in [0.3, 0.4) is 0 Å². The van der Waals surface area contributed by atoms with E-state index in [2.05, 4.69) is 20.9 Å². The van der Waals surface area contributed by atoms with Crippen LogP contribution in [0, 0.1) is 0 Å². The van der Waals surface area contributed by atoms with Crippen molar-refractivity contribution in [2.45, 2.75) is 11.9 Å². The highest BCUT2D eigenvalue weighted by atomic mass is 79.9. The zero-order valence-corrected chi connectivity index (χ0v) is 12.7. The summed E-state index contributed by atoms with van der Waals surface area (Å²) in [6.45, 7) is 0.436. The zero-order valence-electron chi connectivity index (χ0n) is 10.4. The number of hydrogen-bond donors (Lipinski definition) is 0. The summed E-state index contributed by atoms with van der Waals surface area (Å²) in [6, 6.07) is 7.44. The minimum atomic E-state index is 0.436. The third-order valence-corrected chi connectivity index (χ3v) is 3.39. The summed E-state index contributed by atoms with van der Waals surface area (Å²) in [5, 5.41) is 1.27. The van der Waals surface area contributed by atoms with Gasteiger partial charge in [0.2, 0.25) is 0 Å². The lowest BCUT2D eigenvalue weighted by Gasteiger charge is -2.14. The number of benzene rings is 1. The van der Waals surface area contributed by atoms with E-state index in [1.807, 2.05) is 18.2 Å². The van der Waals surface area contributed by atoms with Crippen molar-refractivity contribution in [3.05, 3.63) is 52.8 Å². The second kappa shape index (κ2) is 6.78. The van der Waals surface area contributed by atoms with E-state index >= 15 is 0 Å². The third kappa shape index (κ3) is 3.61. The van der Waals surface area contributed by atoms with Crippen LogP contribution in [0.1, 0.15) is 11.1 Å². The van der Waals surface area contributed by atoms with Crippen LogP contribution in [0.2, 0.25) is 5.02 Å². The normalized spacial score (nSPS) is 10.3. The second-order valence-electron chi connectivity index (χ2n) is 3.88. The molecule has 1 aromatic carbocycles. The van der Waals surface area contributed by atoms with Crippen molar-refractivity contribution in [2.75, 3.05) is 7.11 Å². The molecule has 0 aliphatic heterocycles. The highest BCUT2D eigenvalue weighted by Crippen LogP contribution is 2.36. The van der Waals surface area contributed by atoms with Crippen LogP contribution in [-0.2, 0) is 11.9 Å². The van der Waals surface area contributed by atoms with E-state index in [1.165, 1.54) is 0 Å². The highest BCUT2D eigenvalue weighted by molar-refractivity contribution is 9.08. The smallest absolute Gasteiger partial charge is 0.165 e. The second-order valence-corrected chi connectivity index (χ2v) is 4.88. The average Bonchev–Trinajstić information content (AvgIpc) is 2.46. The Kier molecular flexibility index (Phi) is 5.05. The van der Waals surface area contributed by atoms with Crippen molar-refractivity contribution >= 4 is 27.5 Å². The van der Waals surface area contributed by atoms with Gasteiger partial charge in [-0.1, -0.05) is 33.6 Å². The quantitative estimate of drug-likeness (QED) is 0.763. The van der Waals surface area contributed by atoms with Gasteiger partial charge in [-0.25, -0.2) is 0 Å². The van der Waals surface area contributed by atoms with E-state index in [0.717, 1.165) is 11.1 Å². The molecule has 0 atom stereocenters. The Hall–Kier alpha value is -1.26. The van der Waals surface area contributed by atoms with Crippen LogP contribution in [-0.4, -0.2) is 12.1 Å². The van der Waals surface area contributed by atoms with Crippen molar-refractivity contribution in [3.8, 4) is 11.5 Å². The van der Waals surface area contributed by atoms with Crippen LogP contribution in [0.25, 0.3) is 0 Å². The zero-order chi connectivity index (χ0) is 13.7. The van der Waals surface area contributed by atoms with E-state index in [4.69, 9.17) is 21.1 Å². The summed E-state index contributed by atoms with van der Waals surface area (Å²) >= 11 is 9.46. The first-order valence-electron chi connectivity index (χ1n) is 5.68. The molecule has 0 aliphatic carbocycles. The molecule has 0 fully saturated rings. The molecule has 1 aromatic heterocycles. The number of alkyl halides is 1. The van der Waals surface area contributed by atoms with Gasteiger partial charge in [-0.3, -0.25) is 4.98 Å². The van der Waals surface area contributed by atoms with Gasteiger partial charge in [0, 0.05) is 39.9 Å². The summed E-state index contributed by atoms with van der Waals surface area (Å²) in [7, 11) is 1.60. The first kappa shape index (κ1) is 14.2. The molecule has 5 heteroatoms. The SMILES string of the molecule is COc1cc(Cl)cc(CBr)c1OCc1cccnc1. The molecular weight excluding hydrogens is 330 g/mol. The number of nitrogens with zero attached hydrogens (tertiary/aromatic N) is 1. The van der Waals surface area contributed by atoms with E-state index in [-0.39, 0.29) is 0 Å². The predicted octanol–water partition coefficient (Wildman–Crippen LogP) is 4.22. The van der Waals surface area contributed by atoms with Gasteiger partial charge in [0.15, 0.2) is 11.5 Å². The molecule has 0 unspecified atom stereocenters. The Morgan fingerprint density at radius 3 is 2.84 bits per heavy atom. The van der Waals surface area contributed by atoms with Crippen LogP contribution < -0.4 is 9.47 Å². The summed E-state index contributed by atoms with van der Waals surface area (Å²) in [5.41, 5.74) is 1.95. The molecule has 0 amide bonds. The standard InChI is InChI=1S/C14H13BrClNO2/c1-18-13-6-12(16)5-11(7-15)14(13)19-9-10-3-2-4-17-8-10/h2-6,8H,7,9H2,1H3. The fourth-order valence-corrected chi connectivity index (χ4v) is 2.32. The van der Waals surface area contributed by atoms with Gasteiger partial charge in [-0.05, 0) is 12.1 Å². The van der Waals surface area contributed by atoms with Gasteiger partial charge in [0.25, 0.3) is 0 Å². The summed E-state index contributed by atoms with van der Waals surface area (Å²) in [5.74, 6) is 1.33. The predicted molar refractivity (Wildman–Crippen MR) is 79.2 cm³/mol. The van der Waals surface area contributed by atoms with Crippen LogP contribution in [0.4, 0.5) is 0 Å². The number of ether oxygens (including phenoxy) is 2. The molecule has 0 N–H and O–H groups in total. The molecule has 0 bridgehead atoms. The Morgan fingerprint density at radius 2 is 2.21 bits per heavy atom. The number of methoxy groups -OCH3 is 1. The van der Waals surface area contributed by atoms with Gasteiger partial charge in [-0.15, -0.1) is 0 Å². The molecule has 1 heterocycles. The fraction of sp³-hybridized carbons (Fsp3) is 0.214. The molecule has 3 nitrogen and oxygen atoms in total. The van der Waals surface area contributed by atoms with Gasteiger partial charge in [0.05, 0.1) is 7.11 Å². The van der Waals surface area contributed by atoms with Crippen molar-refractivity contribution in [2.24, 2.45) is 0 Å². The monoisotopic (exact) mass is 341 g/mol. The molecule has 0 radical (unpaired) electrons. The third-order valence-electron chi connectivity index (χ3n) is 2.57. The molecule has 2 rings (SSSR count). The van der Waals surface area contributed by atoms with Gasteiger partial charge in [-0.2, -0.15) is 0 Å². The minimum absolute atomic E-state index is 0.436. The van der Waals surface area contributed by atoms with E-state index in [9.17, 15) is 0 Å². The molecule has 100 valence electrons. The maximum atomic E-state index is 6.03. The molecule has 0 spiro atoms. The summed E-state index contributed by atoms with van der Waals surface area (Å²) in [4.78, 5) is 4.05. The highest BCUT2D eigenvalue weighted by Gasteiger charge is 2.12. The molecule has 2 aromatic rings. The van der Waals surface area contributed by atoms with E-state index in [0.29, 0.717) is 28.5 Å². The first-order valence-corrected chi connectivity index (χ1v) is 7.18. The largest absolute Gasteiger partial charge is 0.493 e. The number of pyridine rings is 1. The van der Waals surface area contributed by atoms with Gasteiger partial charge in [0.1, 0.15) is 6.61 Å². The van der Waals surface area contributed by atoms with Crippen molar-refractivity contribution in [1.82, 2.24) is 4.98 Å². The van der Waals surface area contributed by atoms with Crippen molar-refractivity contribution in [3.63, 3.8) is 0 Å².